The molecular formula is C13H17NS. The molecule has 0 aliphatic rings. The molecule has 0 bridgehead atoms. The highest BCUT2D eigenvalue weighted by Crippen LogP contribution is 2.20. The summed E-state index contributed by atoms with van der Waals surface area (Å²) in [5, 5.41) is 9.07. The van der Waals surface area contributed by atoms with E-state index in [-0.39, 0.29) is 5.92 Å². The molecule has 0 N–H and O–H groups in total. The molecule has 0 radical (unpaired) electrons. The predicted octanol–water partition coefficient (Wildman–Crippen LogP) is 3.83. The van der Waals surface area contributed by atoms with Crippen LogP contribution in [0.3, 0.4) is 0 Å². The fourth-order valence-corrected chi connectivity index (χ4v) is 2.50. The Bertz CT molecular complexity index is 302. The smallest absolute Gasteiger partial charge is 0.0803 e. The summed E-state index contributed by atoms with van der Waals surface area (Å²) < 4.78 is 0. The highest BCUT2D eigenvalue weighted by atomic mass is 32.2. The highest BCUT2D eigenvalue weighted by Gasteiger charge is 2.09. The standard InChI is InChI=1S/C13H17NS/c1-2-3-9-15-11-13(10-14)12-7-5-4-6-8-12/h4-8,13H,2-3,9,11H2,1H3. The van der Waals surface area contributed by atoms with E-state index in [1.54, 1.807) is 0 Å². The predicted molar refractivity (Wildman–Crippen MR) is 67.0 cm³/mol. The van der Waals surface area contributed by atoms with Crippen molar-refractivity contribution in [2.75, 3.05) is 11.5 Å². The second kappa shape index (κ2) is 7.36. The molecule has 1 aromatic carbocycles. The molecule has 0 amide bonds. The van der Waals surface area contributed by atoms with E-state index in [2.05, 4.69) is 13.0 Å². The SMILES string of the molecule is CCCCSCC(C#N)c1ccccc1. The van der Waals surface area contributed by atoms with Crippen LogP contribution in [0.25, 0.3) is 0 Å². The minimum absolute atomic E-state index is 0.0491. The monoisotopic (exact) mass is 219 g/mol. The average molecular weight is 219 g/mol. The summed E-state index contributed by atoms with van der Waals surface area (Å²) in [7, 11) is 0. The van der Waals surface area contributed by atoms with Gasteiger partial charge in [-0.05, 0) is 17.7 Å². The van der Waals surface area contributed by atoms with Crippen molar-refractivity contribution in [3.05, 3.63) is 35.9 Å². The van der Waals surface area contributed by atoms with Gasteiger partial charge < -0.3 is 0 Å². The van der Waals surface area contributed by atoms with Crippen LogP contribution in [0.5, 0.6) is 0 Å². The first-order valence-corrected chi connectivity index (χ1v) is 6.56. The van der Waals surface area contributed by atoms with E-state index in [1.807, 2.05) is 42.1 Å². The van der Waals surface area contributed by atoms with Gasteiger partial charge in [-0.1, -0.05) is 43.7 Å². The normalized spacial score (nSPS) is 12.0. The molecule has 0 saturated heterocycles. The van der Waals surface area contributed by atoms with Gasteiger partial charge in [0, 0.05) is 5.75 Å². The number of unbranched alkanes of at least 4 members (excludes halogenated alkanes) is 1. The van der Waals surface area contributed by atoms with Crippen LogP contribution in [0, 0.1) is 11.3 Å². The minimum Gasteiger partial charge on any atom is -0.198 e. The molecule has 2 heteroatoms. The molecule has 0 saturated carbocycles. The number of benzene rings is 1. The zero-order valence-electron chi connectivity index (χ0n) is 9.15. The van der Waals surface area contributed by atoms with E-state index >= 15 is 0 Å². The van der Waals surface area contributed by atoms with Gasteiger partial charge in [-0.15, -0.1) is 0 Å². The first kappa shape index (κ1) is 12.1. The number of hydrogen-bond donors (Lipinski definition) is 0. The maximum Gasteiger partial charge on any atom is 0.0803 e. The van der Waals surface area contributed by atoms with E-state index in [1.165, 1.54) is 18.6 Å². The summed E-state index contributed by atoms with van der Waals surface area (Å²) in [5.41, 5.74) is 1.14. The van der Waals surface area contributed by atoms with E-state index in [0.29, 0.717) is 0 Å². The number of nitriles is 1. The molecule has 15 heavy (non-hydrogen) atoms. The van der Waals surface area contributed by atoms with Crippen molar-refractivity contribution in [3.8, 4) is 6.07 Å². The summed E-state index contributed by atoms with van der Waals surface area (Å²) >= 11 is 1.88. The van der Waals surface area contributed by atoms with Gasteiger partial charge in [-0.2, -0.15) is 17.0 Å². The lowest BCUT2D eigenvalue weighted by atomic mass is 10.0. The Kier molecular flexibility index (Phi) is 5.96. The topological polar surface area (TPSA) is 23.8 Å². The number of hydrogen-bond acceptors (Lipinski definition) is 2. The van der Waals surface area contributed by atoms with Gasteiger partial charge in [0.2, 0.25) is 0 Å². The average Bonchev–Trinajstić information content (AvgIpc) is 2.30. The van der Waals surface area contributed by atoms with Crippen LogP contribution in [0.2, 0.25) is 0 Å². The largest absolute Gasteiger partial charge is 0.198 e. The Hall–Kier alpha value is -0.940. The van der Waals surface area contributed by atoms with Crippen molar-refractivity contribution in [1.82, 2.24) is 0 Å². The molecule has 1 aromatic rings. The summed E-state index contributed by atoms with van der Waals surface area (Å²) in [5.74, 6) is 2.13. The molecule has 0 fully saturated rings. The molecule has 0 aliphatic heterocycles. The van der Waals surface area contributed by atoms with Gasteiger partial charge in [-0.25, -0.2) is 0 Å². The van der Waals surface area contributed by atoms with Crippen molar-refractivity contribution >= 4 is 11.8 Å². The van der Waals surface area contributed by atoms with Crippen LogP contribution < -0.4 is 0 Å². The van der Waals surface area contributed by atoms with Crippen molar-refractivity contribution in [2.45, 2.75) is 25.7 Å². The van der Waals surface area contributed by atoms with Gasteiger partial charge >= 0.3 is 0 Å². The molecule has 1 atom stereocenters. The molecule has 1 nitrogen and oxygen atoms in total. The highest BCUT2D eigenvalue weighted by molar-refractivity contribution is 7.99. The first-order valence-electron chi connectivity index (χ1n) is 5.40. The van der Waals surface area contributed by atoms with Crippen molar-refractivity contribution in [2.24, 2.45) is 0 Å². The summed E-state index contributed by atoms with van der Waals surface area (Å²) in [4.78, 5) is 0. The Labute approximate surface area is 96.5 Å². The van der Waals surface area contributed by atoms with E-state index in [4.69, 9.17) is 5.26 Å². The molecule has 0 heterocycles. The number of nitrogens with zero attached hydrogens (tertiary/aromatic N) is 1. The summed E-state index contributed by atoms with van der Waals surface area (Å²) in [6, 6.07) is 12.4. The second-order valence-corrected chi connectivity index (χ2v) is 4.67. The molecule has 0 spiro atoms. The Morgan fingerprint density at radius 3 is 2.67 bits per heavy atom. The fourth-order valence-electron chi connectivity index (χ4n) is 1.34. The molecule has 0 aromatic heterocycles. The maximum atomic E-state index is 9.07. The van der Waals surface area contributed by atoms with Crippen LogP contribution in [0.1, 0.15) is 31.2 Å². The molecule has 1 unspecified atom stereocenters. The minimum atomic E-state index is 0.0491. The van der Waals surface area contributed by atoms with Gasteiger partial charge in [0.25, 0.3) is 0 Å². The van der Waals surface area contributed by atoms with Gasteiger partial charge in [0.1, 0.15) is 0 Å². The molecule has 1 rings (SSSR count). The maximum absolute atomic E-state index is 9.07. The van der Waals surface area contributed by atoms with Gasteiger partial charge in [0.05, 0.1) is 12.0 Å². The van der Waals surface area contributed by atoms with Crippen LogP contribution in [-0.2, 0) is 0 Å². The molecular weight excluding hydrogens is 202 g/mol. The Balaban J connectivity index is 2.41. The van der Waals surface area contributed by atoms with Crippen LogP contribution in [0.15, 0.2) is 30.3 Å². The Morgan fingerprint density at radius 1 is 1.33 bits per heavy atom. The zero-order chi connectivity index (χ0) is 10.9. The summed E-state index contributed by atoms with van der Waals surface area (Å²) in [6.45, 7) is 2.19. The quantitative estimate of drug-likeness (QED) is 0.679. The van der Waals surface area contributed by atoms with Crippen LogP contribution in [-0.4, -0.2) is 11.5 Å². The van der Waals surface area contributed by atoms with Crippen LogP contribution in [0.4, 0.5) is 0 Å². The summed E-state index contributed by atoms with van der Waals surface area (Å²) in [6.07, 6.45) is 2.48. The van der Waals surface area contributed by atoms with E-state index in [0.717, 1.165) is 11.3 Å². The van der Waals surface area contributed by atoms with Crippen LogP contribution >= 0.6 is 11.8 Å². The Morgan fingerprint density at radius 2 is 2.07 bits per heavy atom. The lowest BCUT2D eigenvalue weighted by Crippen LogP contribution is -1.99. The zero-order valence-corrected chi connectivity index (χ0v) is 9.96. The lowest BCUT2D eigenvalue weighted by Gasteiger charge is -2.08. The lowest BCUT2D eigenvalue weighted by molar-refractivity contribution is 0.893. The van der Waals surface area contributed by atoms with E-state index in [9.17, 15) is 0 Å². The third-order valence-electron chi connectivity index (χ3n) is 2.28. The van der Waals surface area contributed by atoms with Gasteiger partial charge in [0.15, 0.2) is 0 Å². The van der Waals surface area contributed by atoms with Crippen molar-refractivity contribution in [3.63, 3.8) is 0 Å². The van der Waals surface area contributed by atoms with Crippen molar-refractivity contribution < 1.29 is 0 Å². The second-order valence-electron chi connectivity index (χ2n) is 3.52. The molecule has 0 aliphatic carbocycles. The molecule has 80 valence electrons. The van der Waals surface area contributed by atoms with Crippen molar-refractivity contribution in [1.29, 1.82) is 5.26 Å². The van der Waals surface area contributed by atoms with E-state index < -0.39 is 0 Å². The first-order chi connectivity index (χ1) is 7.38. The third kappa shape index (κ3) is 4.40. The van der Waals surface area contributed by atoms with Gasteiger partial charge in [-0.3, -0.25) is 0 Å². The number of thioether (sulfide) groups is 1. The third-order valence-corrected chi connectivity index (χ3v) is 3.43. The number of rotatable bonds is 6. The fraction of sp³-hybridized carbons (Fsp3) is 0.462.